The zero-order valence-electron chi connectivity index (χ0n) is 19.1. The van der Waals surface area contributed by atoms with Crippen LogP contribution in [0.3, 0.4) is 0 Å². The Kier molecular flexibility index (Phi) is 7.32. The molecule has 194 valence electrons. The van der Waals surface area contributed by atoms with Crippen LogP contribution in [0.5, 0.6) is 0 Å². The maximum Gasteiger partial charge on any atom is 0.416 e. The van der Waals surface area contributed by atoms with Gasteiger partial charge in [-0.3, -0.25) is 19.2 Å². The lowest BCUT2D eigenvalue weighted by molar-refractivity contribution is -0.143. The van der Waals surface area contributed by atoms with Gasteiger partial charge in [-0.15, -0.1) is 0 Å². The van der Waals surface area contributed by atoms with E-state index in [4.69, 9.17) is 0 Å². The predicted octanol–water partition coefficient (Wildman–Crippen LogP) is 3.87. The molecule has 2 amide bonds. The fourth-order valence-corrected chi connectivity index (χ4v) is 3.88. The molecule has 0 radical (unpaired) electrons. The lowest BCUT2D eigenvalue weighted by atomic mass is 10.0. The lowest BCUT2D eigenvalue weighted by Crippen LogP contribution is -2.50. The van der Waals surface area contributed by atoms with Crippen molar-refractivity contribution in [3.63, 3.8) is 0 Å². The van der Waals surface area contributed by atoms with Crippen LogP contribution in [-0.4, -0.2) is 40.2 Å². The third kappa shape index (κ3) is 5.44. The number of nitrogens with zero attached hydrogens (tertiary/aromatic N) is 3. The van der Waals surface area contributed by atoms with Crippen molar-refractivity contribution in [3.05, 3.63) is 63.1 Å². The molecule has 3 rings (SSSR count). The second kappa shape index (κ2) is 9.78. The number of aromatic nitrogens is 1. The van der Waals surface area contributed by atoms with Crippen LogP contribution in [-0.2, 0) is 35.0 Å². The normalized spacial score (nSPS) is 16.1. The van der Waals surface area contributed by atoms with E-state index in [-0.39, 0.29) is 48.3 Å². The van der Waals surface area contributed by atoms with Crippen molar-refractivity contribution in [3.8, 4) is 0 Å². The quantitative estimate of drug-likeness (QED) is 0.413. The number of anilines is 1. The van der Waals surface area contributed by atoms with Crippen LogP contribution in [0.25, 0.3) is 0 Å². The van der Waals surface area contributed by atoms with Crippen molar-refractivity contribution in [1.82, 2.24) is 9.47 Å². The number of amides is 2. The van der Waals surface area contributed by atoms with Crippen molar-refractivity contribution in [2.24, 2.45) is 0 Å². The summed E-state index contributed by atoms with van der Waals surface area (Å²) in [6.07, 6.45) is -9.63. The summed E-state index contributed by atoms with van der Waals surface area (Å²) in [5.74, 6) is -1.09. The maximum atomic E-state index is 13.2. The number of Topliss-reactive ketones (excluding diaryl/α,β-unsaturated/α-hetero) is 1. The predicted molar refractivity (Wildman–Crippen MR) is 115 cm³/mol. The average molecular weight is 517 g/mol. The molecule has 0 aliphatic carbocycles. The minimum Gasteiger partial charge on any atom is -0.329 e. The van der Waals surface area contributed by atoms with Gasteiger partial charge in [0.1, 0.15) is 11.4 Å². The first-order valence-electron chi connectivity index (χ1n) is 10.7. The Balaban J connectivity index is 1.98. The van der Waals surface area contributed by atoms with Gasteiger partial charge in [0, 0.05) is 25.6 Å². The van der Waals surface area contributed by atoms with Gasteiger partial charge in [0.15, 0.2) is 5.78 Å². The number of ketones is 1. The molecule has 0 saturated heterocycles. The Morgan fingerprint density at radius 1 is 1.06 bits per heavy atom. The Labute approximate surface area is 200 Å². The smallest absolute Gasteiger partial charge is 0.329 e. The molecule has 1 aliphatic rings. The molecule has 1 aromatic carbocycles. The Morgan fingerprint density at radius 3 is 2.14 bits per heavy atom. The first-order valence-corrected chi connectivity index (χ1v) is 10.7. The van der Waals surface area contributed by atoms with Crippen LogP contribution in [0.15, 0.2) is 35.1 Å². The Bertz CT molecular complexity index is 1220. The number of benzene rings is 1. The van der Waals surface area contributed by atoms with Crippen LogP contribution in [0.1, 0.15) is 47.4 Å². The summed E-state index contributed by atoms with van der Waals surface area (Å²) in [5, 5.41) is 0. The number of halogens is 6. The van der Waals surface area contributed by atoms with Crippen LogP contribution in [0.4, 0.5) is 32.0 Å². The van der Waals surface area contributed by atoms with Crippen molar-refractivity contribution in [1.29, 1.82) is 0 Å². The molecular formula is C23H21F6N3O4. The van der Waals surface area contributed by atoms with Gasteiger partial charge in [0.05, 0.1) is 17.7 Å². The molecule has 0 N–H and O–H groups in total. The fraction of sp³-hybridized carbons (Fsp3) is 0.391. The Hall–Kier alpha value is -3.64. The van der Waals surface area contributed by atoms with Crippen LogP contribution < -0.4 is 10.5 Å². The SMILES string of the molecule is CCC(=O)CN(C=O)c1ccc2n(c1=O)CC(C)N(Cc1cc(C(F)(F)F)cc(C(F)(F)F)c1)C2=O. The summed E-state index contributed by atoms with van der Waals surface area (Å²) in [5.41, 5.74) is -4.41. The highest BCUT2D eigenvalue weighted by molar-refractivity contribution is 5.94. The monoisotopic (exact) mass is 517 g/mol. The summed E-state index contributed by atoms with van der Waals surface area (Å²) in [7, 11) is 0. The topological polar surface area (TPSA) is 79.7 Å². The zero-order chi connectivity index (χ0) is 27.0. The lowest BCUT2D eigenvalue weighted by Gasteiger charge is -2.36. The largest absolute Gasteiger partial charge is 0.416 e. The third-order valence-electron chi connectivity index (χ3n) is 5.79. The van der Waals surface area contributed by atoms with E-state index in [0.717, 1.165) is 14.4 Å². The van der Waals surface area contributed by atoms with E-state index in [0.29, 0.717) is 18.5 Å². The minimum absolute atomic E-state index is 0.00339. The molecule has 13 heteroatoms. The van der Waals surface area contributed by atoms with Crippen molar-refractivity contribution in [2.45, 2.75) is 51.8 Å². The van der Waals surface area contributed by atoms with E-state index in [1.54, 1.807) is 6.92 Å². The van der Waals surface area contributed by atoms with Gasteiger partial charge >= 0.3 is 12.4 Å². The number of hydrogen-bond acceptors (Lipinski definition) is 4. The molecule has 36 heavy (non-hydrogen) atoms. The van der Waals surface area contributed by atoms with Crippen molar-refractivity contribution < 1.29 is 40.7 Å². The molecule has 0 spiro atoms. The van der Waals surface area contributed by atoms with E-state index in [1.807, 2.05) is 0 Å². The number of hydrogen-bond donors (Lipinski definition) is 0. The number of carbonyl (C=O) groups is 3. The summed E-state index contributed by atoms with van der Waals surface area (Å²) < 4.78 is 80.3. The number of alkyl halides is 6. The fourth-order valence-electron chi connectivity index (χ4n) is 3.88. The van der Waals surface area contributed by atoms with Crippen LogP contribution in [0, 0.1) is 0 Å². The standard InChI is InChI=1S/C23H21F6N3O4/c1-3-17(34)11-30(12-33)18-4-5-19-21(36)31(13(2)9-32(19)20(18)35)10-14-6-15(22(24,25)26)8-16(7-14)23(27,28)29/h4-8,12-13H,3,9-11H2,1-2H3. The molecule has 0 saturated carbocycles. The number of fused-ring (bicyclic) bond motifs is 1. The summed E-state index contributed by atoms with van der Waals surface area (Å²) >= 11 is 0. The molecule has 7 nitrogen and oxygen atoms in total. The molecule has 1 aliphatic heterocycles. The summed E-state index contributed by atoms with van der Waals surface area (Å²) in [4.78, 5) is 51.2. The summed E-state index contributed by atoms with van der Waals surface area (Å²) in [6, 6.07) is 2.70. The summed E-state index contributed by atoms with van der Waals surface area (Å²) in [6.45, 7) is 2.03. The molecule has 1 atom stereocenters. The van der Waals surface area contributed by atoms with Crippen LogP contribution in [0.2, 0.25) is 0 Å². The van der Waals surface area contributed by atoms with E-state index in [2.05, 4.69) is 0 Å². The molecule has 0 fully saturated rings. The number of carbonyl (C=O) groups excluding carboxylic acids is 3. The molecule has 2 aromatic rings. The highest BCUT2D eigenvalue weighted by atomic mass is 19.4. The molecule has 0 bridgehead atoms. The van der Waals surface area contributed by atoms with E-state index in [1.165, 1.54) is 19.1 Å². The zero-order valence-corrected chi connectivity index (χ0v) is 19.1. The van der Waals surface area contributed by atoms with Gasteiger partial charge in [0.25, 0.3) is 11.5 Å². The van der Waals surface area contributed by atoms with Gasteiger partial charge < -0.3 is 14.4 Å². The molecule has 1 aromatic heterocycles. The van der Waals surface area contributed by atoms with Gasteiger partial charge in [-0.25, -0.2) is 0 Å². The van der Waals surface area contributed by atoms with E-state index >= 15 is 0 Å². The Morgan fingerprint density at radius 2 is 1.64 bits per heavy atom. The highest BCUT2D eigenvalue weighted by Crippen LogP contribution is 2.37. The molecular weight excluding hydrogens is 496 g/mol. The van der Waals surface area contributed by atoms with Gasteiger partial charge in [0.2, 0.25) is 6.41 Å². The average Bonchev–Trinajstić information content (AvgIpc) is 2.79. The van der Waals surface area contributed by atoms with Crippen molar-refractivity contribution >= 4 is 23.8 Å². The second-order valence-electron chi connectivity index (χ2n) is 8.34. The highest BCUT2D eigenvalue weighted by Gasteiger charge is 2.38. The first kappa shape index (κ1) is 27.0. The number of pyridine rings is 1. The minimum atomic E-state index is -5.03. The second-order valence-corrected chi connectivity index (χ2v) is 8.34. The molecule has 1 unspecified atom stereocenters. The van der Waals surface area contributed by atoms with Gasteiger partial charge in [-0.2, -0.15) is 26.3 Å². The first-order chi connectivity index (χ1) is 16.7. The van der Waals surface area contributed by atoms with E-state index < -0.39 is 47.5 Å². The van der Waals surface area contributed by atoms with E-state index in [9.17, 15) is 45.5 Å². The number of rotatable bonds is 7. The third-order valence-corrected chi connectivity index (χ3v) is 5.79. The van der Waals surface area contributed by atoms with Crippen molar-refractivity contribution in [2.75, 3.05) is 11.4 Å². The van der Waals surface area contributed by atoms with Crippen LogP contribution >= 0.6 is 0 Å². The van der Waals surface area contributed by atoms with Gasteiger partial charge in [-0.1, -0.05) is 6.92 Å². The van der Waals surface area contributed by atoms with Gasteiger partial charge in [-0.05, 0) is 42.8 Å². The maximum absolute atomic E-state index is 13.2. The molecule has 2 heterocycles.